The molecule has 0 heterocycles. The average molecular weight is 505 g/mol. The smallest absolute Gasteiger partial charge is 0.0351 e. The molecule has 0 spiro atoms. The summed E-state index contributed by atoms with van der Waals surface area (Å²) in [6.45, 7) is 7.10. The highest BCUT2D eigenvalue weighted by molar-refractivity contribution is 4.81. The molecule has 0 radical (unpaired) electrons. The van der Waals surface area contributed by atoms with Crippen LogP contribution in [0.1, 0.15) is 213 Å². The van der Waals surface area contributed by atoms with Gasteiger partial charge >= 0.3 is 0 Å². The van der Waals surface area contributed by atoms with Gasteiger partial charge in [0.15, 0.2) is 0 Å². The molecule has 36 heavy (non-hydrogen) atoms. The van der Waals surface area contributed by atoms with Crippen LogP contribution in [0.5, 0.6) is 0 Å². The van der Waals surface area contributed by atoms with Gasteiger partial charge in [0.05, 0.1) is 0 Å². The minimum atomic E-state index is 0.961. The van der Waals surface area contributed by atoms with Crippen molar-refractivity contribution in [3.63, 3.8) is 0 Å². The Balaban J connectivity index is 3.17. The number of rotatable bonds is 31. The van der Waals surface area contributed by atoms with Crippen LogP contribution in [0.3, 0.4) is 0 Å². The van der Waals surface area contributed by atoms with E-state index in [0.29, 0.717) is 0 Å². The normalized spacial score (nSPS) is 12.6. The summed E-state index contributed by atoms with van der Waals surface area (Å²) in [5.74, 6) is 0.961. The third-order valence-electron chi connectivity index (χ3n) is 8.26. The van der Waals surface area contributed by atoms with Crippen LogP contribution in [0.2, 0.25) is 0 Å². The van der Waals surface area contributed by atoms with Crippen LogP contribution in [0.25, 0.3) is 0 Å². The lowest BCUT2D eigenvalue weighted by Gasteiger charge is -2.11. The van der Waals surface area contributed by atoms with Crippen molar-refractivity contribution in [3.05, 3.63) is 12.2 Å². The van der Waals surface area contributed by atoms with Crippen molar-refractivity contribution in [3.8, 4) is 0 Å². The highest BCUT2D eigenvalue weighted by Crippen LogP contribution is 2.19. The van der Waals surface area contributed by atoms with Crippen LogP contribution in [0.15, 0.2) is 12.2 Å². The molecule has 0 aliphatic heterocycles. The van der Waals surface area contributed by atoms with Crippen LogP contribution in [-0.2, 0) is 0 Å². The average Bonchev–Trinajstić information content (AvgIpc) is 2.88. The second-order valence-electron chi connectivity index (χ2n) is 12.2. The van der Waals surface area contributed by atoms with E-state index in [1.807, 2.05) is 0 Å². The molecular formula is C36H72. The van der Waals surface area contributed by atoms with Gasteiger partial charge in [-0.2, -0.15) is 0 Å². The molecule has 0 aromatic carbocycles. The quantitative estimate of drug-likeness (QED) is 0.0650. The lowest BCUT2D eigenvalue weighted by molar-refractivity contribution is 0.430. The first-order valence-electron chi connectivity index (χ1n) is 17.5. The lowest BCUT2D eigenvalue weighted by Crippen LogP contribution is -1.95. The molecule has 0 aromatic rings. The monoisotopic (exact) mass is 505 g/mol. The third-order valence-corrected chi connectivity index (χ3v) is 8.26. The van der Waals surface area contributed by atoms with Crippen molar-refractivity contribution >= 4 is 0 Å². The van der Waals surface area contributed by atoms with Gasteiger partial charge in [0, 0.05) is 0 Å². The lowest BCUT2D eigenvalue weighted by atomic mass is 9.95. The molecule has 1 unspecified atom stereocenters. The maximum Gasteiger partial charge on any atom is -0.0351 e. The summed E-state index contributed by atoms with van der Waals surface area (Å²) in [5, 5.41) is 0. The van der Waals surface area contributed by atoms with Crippen LogP contribution in [0, 0.1) is 5.92 Å². The molecule has 0 N–H and O–H groups in total. The van der Waals surface area contributed by atoms with Crippen molar-refractivity contribution in [2.24, 2.45) is 5.92 Å². The molecule has 0 amide bonds. The second kappa shape index (κ2) is 32.8. The van der Waals surface area contributed by atoms with Gasteiger partial charge < -0.3 is 0 Å². The minimum absolute atomic E-state index is 0.961. The molecule has 0 saturated carbocycles. The van der Waals surface area contributed by atoms with Crippen LogP contribution >= 0.6 is 0 Å². The zero-order chi connectivity index (χ0) is 26.2. The molecule has 0 aliphatic rings. The van der Waals surface area contributed by atoms with Crippen molar-refractivity contribution in [2.75, 3.05) is 0 Å². The Morgan fingerprint density at radius 3 is 0.889 bits per heavy atom. The fourth-order valence-electron chi connectivity index (χ4n) is 5.57. The highest BCUT2D eigenvalue weighted by Gasteiger charge is 2.02. The zero-order valence-corrected chi connectivity index (χ0v) is 25.9. The van der Waals surface area contributed by atoms with E-state index in [1.54, 1.807) is 0 Å². The molecular weight excluding hydrogens is 432 g/mol. The van der Waals surface area contributed by atoms with Crippen LogP contribution < -0.4 is 0 Å². The summed E-state index contributed by atoms with van der Waals surface area (Å²) in [6.07, 6.45) is 48.3. The first-order valence-corrected chi connectivity index (χ1v) is 17.5. The van der Waals surface area contributed by atoms with E-state index in [0.717, 1.165) is 5.92 Å². The van der Waals surface area contributed by atoms with E-state index in [9.17, 15) is 0 Å². The standard InChI is InChI=1S/C36H72/c1-4-6-8-10-12-14-16-18-19-20-21-22-23-25-27-29-31-33-35-36(3)34-32-30-28-26-24-17-15-13-11-9-7-5-2/h16,18,36H,4-15,17,19-35H2,1-3H3. The predicted molar refractivity (Wildman–Crippen MR) is 168 cm³/mol. The van der Waals surface area contributed by atoms with Crippen LogP contribution in [0.4, 0.5) is 0 Å². The number of unbranched alkanes of at least 4 members (excludes halogenated alkanes) is 25. The number of allylic oxidation sites excluding steroid dienone is 2. The molecule has 0 saturated heterocycles. The largest absolute Gasteiger partial charge is 0.0885 e. The van der Waals surface area contributed by atoms with E-state index in [4.69, 9.17) is 0 Å². The Morgan fingerprint density at radius 2 is 0.583 bits per heavy atom. The van der Waals surface area contributed by atoms with E-state index < -0.39 is 0 Å². The van der Waals surface area contributed by atoms with Gasteiger partial charge in [-0.25, -0.2) is 0 Å². The highest BCUT2D eigenvalue weighted by atomic mass is 14.1. The Kier molecular flexibility index (Phi) is 32.5. The Hall–Kier alpha value is -0.260. The molecule has 0 aliphatic carbocycles. The molecule has 0 nitrogen and oxygen atoms in total. The predicted octanol–water partition coefficient (Wildman–Crippen LogP) is 13.9. The molecule has 0 aromatic heterocycles. The van der Waals surface area contributed by atoms with Crippen LogP contribution in [-0.4, -0.2) is 0 Å². The van der Waals surface area contributed by atoms with Crippen molar-refractivity contribution in [1.82, 2.24) is 0 Å². The second-order valence-corrected chi connectivity index (χ2v) is 12.2. The maximum atomic E-state index is 2.50. The topological polar surface area (TPSA) is 0 Å². The Bertz CT molecular complexity index is 395. The van der Waals surface area contributed by atoms with Gasteiger partial charge in [-0.3, -0.25) is 0 Å². The molecule has 1 atom stereocenters. The Morgan fingerprint density at radius 1 is 0.333 bits per heavy atom. The van der Waals surface area contributed by atoms with E-state index >= 15 is 0 Å². The van der Waals surface area contributed by atoms with Crippen molar-refractivity contribution < 1.29 is 0 Å². The van der Waals surface area contributed by atoms with E-state index in [2.05, 4.69) is 32.9 Å². The first-order chi connectivity index (χ1) is 17.8. The summed E-state index contributed by atoms with van der Waals surface area (Å²) in [7, 11) is 0. The zero-order valence-electron chi connectivity index (χ0n) is 25.9. The molecule has 0 rings (SSSR count). The summed E-state index contributed by atoms with van der Waals surface area (Å²) >= 11 is 0. The molecule has 0 bridgehead atoms. The van der Waals surface area contributed by atoms with Gasteiger partial charge in [-0.15, -0.1) is 0 Å². The number of hydrogen-bond acceptors (Lipinski definition) is 0. The number of hydrogen-bond donors (Lipinski definition) is 0. The summed E-state index contributed by atoms with van der Waals surface area (Å²) < 4.78 is 0. The van der Waals surface area contributed by atoms with Gasteiger partial charge in [0.2, 0.25) is 0 Å². The molecule has 0 fully saturated rings. The van der Waals surface area contributed by atoms with E-state index in [-0.39, 0.29) is 0 Å². The van der Waals surface area contributed by atoms with Gasteiger partial charge in [0.25, 0.3) is 0 Å². The minimum Gasteiger partial charge on any atom is -0.0885 e. The van der Waals surface area contributed by atoms with Gasteiger partial charge in [0.1, 0.15) is 0 Å². The Labute approximate surface area is 231 Å². The van der Waals surface area contributed by atoms with Crippen molar-refractivity contribution in [1.29, 1.82) is 0 Å². The summed E-state index contributed by atoms with van der Waals surface area (Å²) in [6, 6.07) is 0. The fraction of sp³-hybridized carbons (Fsp3) is 0.944. The summed E-state index contributed by atoms with van der Waals surface area (Å²) in [4.78, 5) is 0. The molecule has 0 heteroatoms. The van der Waals surface area contributed by atoms with Crippen molar-refractivity contribution in [2.45, 2.75) is 213 Å². The third kappa shape index (κ3) is 31.8. The molecule has 216 valence electrons. The van der Waals surface area contributed by atoms with E-state index in [1.165, 1.54) is 193 Å². The fourth-order valence-corrected chi connectivity index (χ4v) is 5.57. The SMILES string of the molecule is CCCCCCCC=CCCCCCCCCCCCC(C)CCCCCCCCCCCCCC. The summed E-state index contributed by atoms with van der Waals surface area (Å²) in [5.41, 5.74) is 0. The maximum absolute atomic E-state index is 2.50. The van der Waals surface area contributed by atoms with Gasteiger partial charge in [-0.1, -0.05) is 200 Å². The first kappa shape index (κ1) is 35.7. The van der Waals surface area contributed by atoms with Gasteiger partial charge in [-0.05, 0) is 31.6 Å².